The van der Waals surface area contributed by atoms with E-state index in [-0.39, 0.29) is 11.7 Å². The number of amides is 1. The number of carbonyl (C=O) groups is 1. The Morgan fingerprint density at radius 2 is 2.19 bits per heavy atom. The van der Waals surface area contributed by atoms with Gasteiger partial charge in [0.1, 0.15) is 5.75 Å². The largest absolute Gasteiger partial charge is 0.497 e. The number of aromatic nitrogens is 2. The second kappa shape index (κ2) is 6.62. The number of primary amides is 1. The number of likely N-dealkylation sites (tertiary alicyclic amines) is 1. The van der Waals surface area contributed by atoms with E-state index in [1.807, 2.05) is 36.2 Å². The number of benzene rings is 1. The average Bonchev–Trinajstić information content (AvgIpc) is 3.46. The molecule has 0 radical (unpaired) electrons. The zero-order valence-corrected chi connectivity index (χ0v) is 17.3. The van der Waals surface area contributed by atoms with Crippen LogP contribution < -0.4 is 10.5 Å². The Hall–Kier alpha value is -3.76. The molecule has 3 heterocycles. The van der Waals surface area contributed by atoms with Crippen molar-refractivity contribution in [2.45, 2.75) is 18.1 Å². The maximum atomic E-state index is 11.9. The number of hydrogen-bond donors (Lipinski definition) is 2. The van der Waals surface area contributed by atoms with Crippen molar-refractivity contribution in [1.29, 1.82) is 0 Å². The fraction of sp³-hybridized carbons (Fsp3) is 0.250. The van der Waals surface area contributed by atoms with Gasteiger partial charge >= 0.3 is 0 Å². The number of nitrogens with zero attached hydrogens (tertiary/aromatic N) is 3. The quantitative estimate of drug-likeness (QED) is 0.640. The van der Waals surface area contributed by atoms with Crippen LogP contribution in [-0.4, -0.2) is 51.1 Å². The van der Waals surface area contributed by atoms with E-state index in [2.05, 4.69) is 23.4 Å². The highest BCUT2D eigenvalue weighted by molar-refractivity contribution is 5.93. The van der Waals surface area contributed by atoms with Gasteiger partial charge in [-0.05, 0) is 24.6 Å². The summed E-state index contributed by atoms with van der Waals surface area (Å²) in [5.41, 5.74) is 7.80. The van der Waals surface area contributed by atoms with Crippen molar-refractivity contribution in [3.05, 3.63) is 66.3 Å². The van der Waals surface area contributed by atoms with Crippen LogP contribution in [0.2, 0.25) is 0 Å². The number of likely N-dealkylation sites (N-methyl/N-ethyl adjacent to an activating group) is 1. The van der Waals surface area contributed by atoms with Gasteiger partial charge in [-0.2, -0.15) is 0 Å². The lowest BCUT2D eigenvalue weighted by Gasteiger charge is -2.24. The normalized spacial score (nSPS) is 24.0. The number of carbonyl (C=O) groups excluding carboxylic acids is 1. The van der Waals surface area contributed by atoms with Crippen LogP contribution in [0.4, 0.5) is 0 Å². The maximum Gasteiger partial charge on any atom is 0.285 e. The fourth-order valence-electron chi connectivity index (χ4n) is 4.40. The molecule has 1 aliphatic heterocycles. The SMILES string of the molecule is C=C1N(C)C2CC2C1(O)C#Cc1cccc(-c2nc(C(N)=O)n3ccc(OC)cc23)c1. The third-order valence-corrected chi connectivity index (χ3v) is 6.26. The number of rotatable bonds is 3. The van der Waals surface area contributed by atoms with E-state index < -0.39 is 11.5 Å². The van der Waals surface area contributed by atoms with Crippen LogP contribution in [0.25, 0.3) is 16.8 Å². The van der Waals surface area contributed by atoms with Gasteiger partial charge in [-0.3, -0.25) is 9.20 Å². The summed E-state index contributed by atoms with van der Waals surface area (Å²) in [5, 5.41) is 11.1. The highest BCUT2D eigenvalue weighted by atomic mass is 16.5. The Morgan fingerprint density at radius 3 is 2.87 bits per heavy atom. The van der Waals surface area contributed by atoms with E-state index in [0.29, 0.717) is 28.7 Å². The van der Waals surface area contributed by atoms with Gasteiger partial charge in [0.2, 0.25) is 5.82 Å². The first-order valence-corrected chi connectivity index (χ1v) is 9.97. The fourth-order valence-corrected chi connectivity index (χ4v) is 4.40. The zero-order chi connectivity index (χ0) is 21.9. The molecule has 31 heavy (non-hydrogen) atoms. The number of ether oxygens (including phenoxy) is 1. The first kappa shape index (κ1) is 19.2. The van der Waals surface area contributed by atoms with E-state index in [4.69, 9.17) is 10.5 Å². The molecule has 2 aliphatic rings. The molecule has 5 rings (SSSR count). The van der Waals surface area contributed by atoms with Gasteiger partial charge < -0.3 is 20.5 Å². The number of aliphatic hydroxyl groups is 1. The van der Waals surface area contributed by atoms with Crippen molar-refractivity contribution in [3.63, 3.8) is 0 Å². The molecule has 1 saturated carbocycles. The number of methoxy groups -OCH3 is 1. The average molecular weight is 414 g/mol. The molecule has 3 N–H and O–H groups in total. The second-order valence-electron chi connectivity index (χ2n) is 8.03. The predicted octanol–water partition coefficient (Wildman–Crippen LogP) is 2.04. The maximum absolute atomic E-state index is 11.9. The Balaban J connectivity index is 1.57. The van der Waals surface area contributed by atoms with Crippen LogP contribution in [-0.2, 0) is 0 Å². The molecule has 0 spiro atoms. The van der Waals surface area contributed by atoms with Gasteiger partial charge in [-0.25, -0.2) is 4.98 Å². The van der Waals surface area contributed by atoms with E-state index in [1.54, 1.807) is 29.8 Å². The smallest absolute Gasteiger partial charge is 0.285 e. The van der Waals surface area contributed by atoms with Gasteiger partial charge in [-0.1, -0.05) is 30.6 Å². The van der Waals surface area contributed by atoms with Gasteiger partial charge in [0.05, 0.1) is 24.0 Å². The van der Waals surface area contributed by atoms with E-state index in [0.717, 1.165) is 17.5 Å². The van der Waals surface area contributed by atoms with E-state index in [1.165, 1.54) is 0 Å². The summed E-state index contributed by atoms with van der Waals surface area (Å²) in [4.78, 5) is 18.4. The first-order valence-electron chi connectivity index (χ1n) is 9.97. The number of pyridine rings is 1. The molecule has 1 saturated heterocycles. The molecular weight excluding hydrogens is 392 g/mol. The molecule has 7 heteroatoms. The molecule has 7 nitrogen and oxygen atoms in total. The van der Waals surface area contributed by atoms with Crippen molar-refractivity contribution >= 4 is 11.4 Å². The molecule has 3 unspecified atom stereocenters. The van der Waals surface area contributed by atoms with Crippen molar-refractivity contribution in [2.24, 2.45) is 11.7 Å². The molecule has 1 aliphatic carbocycles. The molecule has 3 atom stereocenters. The second-order valence-corrected chi connectivity index (χ2v) is 8.03. The number of imidazole rings is 1. The van der Waals surface area contributed by atoms with Gasteiger partial charge in [0, 0.05) is 42.4 Å². The minimum Gasteiger partial charge on any atom is -0.497 e. The van der Waals surface area contributed by atoms with Gasteiger partial charge in [0.25, 0.3) is 5.91 Å². The lowest BCUT2D eigenvalue weighted by molar-refractivity contribution is 0.0990. The molecule has 2 fully saturated rings. The Bertz CT molecular complexity index is 1320. The first-order chi connectivity index (χ1) is 14.8. The highest BCUT2D eigenvalue weighted by Crippen LogP contribution is 2.54. The predicted molar refractivity (Wildman–Crippen MR) is 116 cm³/mol. The van der Waals surface area contributed by atoms with Crippen LogP contribution in [0.15, 0.2) is 54.9 Å². The van der Waals surface area contributed by atoms with Crippen LogP contribution >= 0.6 is 0 Å². The Labute approximate surface area is 179 Å². The lowest BCUT2D eigenvalue weighted by Crippen LogP contribution is -2.32. The molecular formula is C24H22N4O3. The van der Waals surface area contributed by atoms with Gasteiger partial charge in [0.15, 0.2) is 5.60 Å². The molecule has 1 aromatic carbocycles. The standard InChI is InChI=1S/C24H22N4O3/c1-14-24(30,18-13-19(18)27(14)2)9-7-15-5-4-6-16(11-15)21-20-12-17(31-3)8-10-28(20)23(26-21)22(25)29/h4-6,8,10-12,18-19,30H,1,13H2,2-3H3,(H2,25,29). The summed E-state index contributed by atoms with van der Waals surface area (Å²) in [6, 6.07) is 11.4. The summed E-state index contributed by atoms with van der Waals surface area (Å²) in [6.45, 7) is 4.02. The minimum absolute atomic E-state index is 0.114. The van der Waals surface area contributed by atoms with Crippen LogP contribution in [0, 0.1) is 17.8 Å². The summed E-state index contributed by atoms with van der Waals surface area (Å²) in [7, 11) is 3.53. The third-order valence-electron chi connectivity index (χ3n) is 6.26. The molecule has 156 valence electrons. The third kappa shape index (κ3) is 2.87. The highest BCUT2D eigenvalue weighted by Gasteiger charge is 2.62. The Morgan fingerprint density at radius 1 is 1.39 bits per heavy atom. The zero-order valence-electron chi connectivity index (χ0n) is 17.3. The molecule has 0 bridgehead atoms. The summed E-state index contributed by atoms with van der Waals surface area (Å²) < 4.78 is 6.97. The van der Waals surface area contributed by atoms with Crippen molar-refractivity contribution in [2.75, 3.05) is 14.2 Å². The summed E-state index contributed by atoms with van der Waals surface area (Å²) >= 11 is 0. The Kier molecular flexibility index (Phi) is 4.11. The summed E-state index contributed by atoms with van der Waals surface area (Å²) in [6.07, 6.45) is 2.64. The van der Waals surface area contributed by atoms with Crippen LogP contribution in [0.1, 0.15) is 22.6 Å². The van der Waals surface area contributed by atoms with E-state index in [9.17, 15) is 9.90 Å². The molecule has 2 aromatic heterocycles. The minimum atomic E-state index is -1.19. The summed E-state index contributed by atoms with van der Waals surface area (Å²) in [5.74, 6) is 6.44. The van der Waals surface area contributed by atoms with E-state index >= 15 is 0 Å². The topological polar surface area (TPSA) is 93.1 Å². The van der Waals surface area contributed by atoms with Crippen molar-refractivity contribution in [1.82, 2.24) is 14.3 Å². The molecule has 3 aromatic rings. The van der Waals surface area contributed by atoms with Crippen molar-refractivity contribution < 1.29 is 14.6 Å². The van der Waals surface area contributed by atoms with Gasteiger partial charge in [-0.15, -0.1) is 0 Å². The molecule has 1 amide bonds. The number of piperidine rings is 1. The number of nitrogens with two attached hydrogens (primary N) is 1. The van der Waals surface area contributed by atoms with Crippen molar-refractivity contribution in [3.8, 4) is 28.8 Å². The number of fused-ring (bicyclic) bond motifs is 2. The van der Waals surface area contributed by atoms with Crippen LogP contribution in [0.3, 0.4) is 0 Å². The monoisotopic (exact) mass is 414 g/mol. The lowest BCUT2D eigenvalue weighted by atomic mass is 9.96. The van der Waals surface area contributed by atoms with Crippen LogP contribution in [0.5, 0.6) is 5.75 Å². The number of hydrogen-bond acceptors (Lipinski definition) is 5.